The van der Waals surface area contributed by atoms with Crippen molar-refractivity contribution < 1.29 is 0 Å². The second-order valence-corrected chi connectivity index (χ2v) is 9.21. The minimum absolute atomic E-state index is 0.781. The Kier molecular flexibility index (Phi) is 11.7. The summed E-state index contributed by atoms with van der Waals surface area (Å²) in [6, 6.07) is 0. The zero-order chi connectivity index (χ0) is 19.2. The quantitative estimate of drug-likeness (QED) is 0.283. The van der Waals surface area contributed by atoms with Gasteiger partial charge in [-0.25, -0.2) is 0 Å². The standard InChI is InChI=1S/C27H44/c1-3-5-6-9-13-25-20-22-27(23-21-25)15-11-8-7-10-14-26-18-16-24(12-4-2)17-19-26/h10-11,14-15,24-27H,3-6,9,12-13,16-23H2,1-2H3/b14-10+,15-11+/t24-,25-,26-,27-. The molecular weight excluding hydrogens is 324 g/mol. The van der Waals surface area contributed by atoms with Crippen molar-refractivity contribution in [1.29, 1.82) is 0 Å². The molecule has 0 aromatic carbocycles. The van der Waals surface area contributed by atoms with Gasteiger partial charge in [-0.2, -0.15) is 0 Å². The molecule has 2 fully saturated rings. The summed E-state index contributed by atoms with van der Waals surface area (Å²) in [5.41, 5.74) is 0. The molecule has 0 atom stereocenters. The molecule has 0 amide bonds. The van der Waals surface area contributed by atoms with Gasteiger partial charge in [0.25, 0.3) is 0 Å². The Hall–Kier alpha value is -0.960. The molecule has 0 nitrogen and oxygen atoms in total. The second-order valence-electron chi connectivity index (χ2n) is 9.21. The van der Waals surface area contributed by atoms with Crippen LogP contribution in [0.15, 0.2) is 24.3 Å². The summed E-state index contributed by atoms with van der Waals surface area (Å²) in [5, 5.41) is 0. The molecule has 152 valence electrons. The van der Waals surface area contributed by atoms with Crippen LogP contribution in [0.5, 0.6) is 0 Å². The highest BCUT2D eigenvalue weighted by atomic mass is 14.2. The van der Waals surface area contributed by atoms with Gasteiger partial charge >= 0.3 is 0 Å². The molecule has 2 aliphatic rings. The Bertz CT molecular complexity index is 470. The highest BCUT2D eigenvalue weighted by Gasteiger charge is 2.19. The van der Waals surface area contributed by atoms with E-state index in [9.17, 15) is 0 Å². The van der Waals surface area contributed by atoms with Crippen LogP contribution in [-0.4, -0.2) is 0 Å². The second kappa shape index (κ2) is 14.1. The largest absolute Gasteiger partial charge is 0.0730 e. The first-order valence-electron chi connectivity index (χ1n) is 12.2. The Labute approximate surface area is 170 Å². The molecule has 0 aromatic heterocycles. The maximum absolute atomic E-state index is 3.24. The van der Waals surface area contributed by atoms with E-state index in [1.54, 1.807) is 0 Å². The molecule has 0 aromatic rings. The van der Waals surface area contributed by atoms with E-state index < -0.39 is 0 Å². The molecule has 0 bridgehead atoms. The van der Waals surface area contributed by atoms with Gasteiger partial charge in [-0.15, -0.1) is 0 Å². The van der Waals surface area contributed by atoms with Crippen molar-refractivity contribution in [2.75, 3.05) is 0 Å². The monoisotopic (exact) mass is 368 g/mol. The van der Waals surface area contributed by atoms with Crippen LogP contribution in [-0.2, 0) is 0 Å². The van der Waals surface area contributed by atoms with Crippen molar-refractivity contribution in [1.82, 2.24) is 0 Å². The normalized spacial score (nSPS) is 29.1. The van der Waals surface area contributed by atoms with Gasteiger partial charge < -0.3 is 0 Å². The molecule has 2 saturated carbocycles. The lowest BCUT2D eigenvalue weighted by Crippen LogP contribution is -2.13. The van der Waals surface area contributed by atoms with E-state index in [-0.39, 0.29) is 0 Å². The van der Waals surface area contributed by atoms with Crippen molar-refractivity contribution in [2.24, 2.45) is 23.7 Å². The maximum Gasteiger partial charge on any atom is -0.0153 e. The summed E-state index contributed by atoms with van der Waals surface area (Å²) in [4.78, 5) is 0. The van der Waals surface area contributed by atoms with Crippen LogP contribution in [0, 0.1) is 35.5 Å². The number of hydrogen-bond acceptors (Lipinski definition) is 0. The molecule has 2 aliphatic carbocycles. The number of hydrogen-bond donors (Lipinski definition) is 0. The Morgan fingerprint density at radius 1 is 0.593 bits per heavy atom. The molecule has 0 aliphatic heterocycles. The number of unbranched alkanes of at least 4 members (excludes halogenated alkanes) is 3. The molecule has 0 heteroatoms. The highest BCUT2D eigenvalue weighted by Crippen LogP contribution is 2.33. The Morgan fingerprint density at radius 2 is 1.11 bits per heavy atom. The van der Waals surface area contributed by atoms with Crippen LogP contribution in [0.2, 0.25) is 0 Å². The van der Waals surface area contributed by atoms with E-state index >= 15 is 0 Å². The summed E-state index contributed by atoms with van der Waals surface area (Å²) in [5.74, 6) is 10.1. The summed E-state index contributed by atoms with van der Waals surface area (Å²) >= 11 is 0. The fourth-order valence-electron chi connectivity index (χ4n) is 5.07. The first-order chi connectivity index (χ1) is 13.3. The van der Waals surface area contributed by atoms with Crippen LogP contribution in [0.4, 0.5) is 0 Å². The third kappa shape index (κ3) is 9.69. The van der Waals surface area contributed by atoms with Crippen molar-refractivity contribution in [2.45, 2.75) is 110 Å². The number of rotatable bonds is 9. The smallest absolute Gasteiger partial charge is 0.0153 e. The van der Waals surface area contributed by atoms with Gasteiger partial charge in [-0.05, 0) is 87.2 Å². The van der Waals surface area contributed by atoms with Crippen molar-refractivity contribution in [3.63, 3.8) is 0 Å². The fourth-order valence-corrected chi connectivity index (χ4v) is 5.07. The van der Waals surface area contributed by atoms with Crippen LogP contribution >= 0.6 is 0 Å². The molecule has 0 unspecified atom stereocenters. The fraction of sp³-hybridized carbons (Fsp3) is 0.778. The van der Waals surface area contributed by atoms with E-state index in [4.69, 9.17) is 0 Å². The van der Waals surface area contributed by atoms with Crippen LogP contribution in [0.3, 0.4) is 0 Å². The average Bonchev–Trinajstić information content (AvgIpc) is 2.70. The molecule has 0 N–H and O–H groups in total. The summed E-state index contributed by atoms with van der Waals surface area (Å²) in [7, 11) is 0. The topological polar surface area (TPSA) is 0 Å². The molecule has 0 saturated heterocycles. The van der Waals surface area contributed by atoms with Crippen LogP contribution in [0.1, 0.15) is 110 Å². The molecule has 2 rings (SSSR count). The van der Waals surface area contributed by atoms with Crippen molar-refractivity contribution in [3.05, 3.63) is 24.3 Å². The third-order valence-electron chi connectivity index (χ3n) is 6.93. The Balaban J connectivity index is 1.56. The summed E-state index contributed by atoms with van der Waals surface area (Å²) in [6.07, 6.45) is 30.2. The molecule has 27 heavy (non-hydrogen) atoms. The van der Waals surface area contributed by atoms with Gasteiger partial charge in [0.2, 0.25) is 0 Å². The van der Waals surface area contributed by atoms with E-state index in [2.05, 4.69) is 50.0 Å². The van der Waals surface area contributed by atoms with Crippen LogP contribution < -0.4 is 0 Å². The van der Waals surface area contributed by atoms with Crippen molar-refractivity contribution in [3.8, 4) is 11.8 Å². The van der Waals surface area contributed by atoms with Gasteiger partial charge in [0, 0.05) is 0 Å². The average molecular weight is 369 g/mol. The molecule has 0 heterocycles. The lowest BCUT2D eigenvalue weighted by Gasteiger charge is -2.26. The third-order valence-corrected chi connectivity index (χ3v) is 6.93. The van der Waals surface area contributed by atoms with Gasteiger partial charge in [0.1, 0.15) is 0 Å². The highest BCUT2D eigenvalue weighted by molar-refractivity contribution is 5.24. The zero-order valence-electron chi connectivity index (χ0n) is 18.2. The molecule has 0 spiro atoms. The molecular formula is C27H44. The predicted octanol–water partition coefficient (Wildman–Crippen LogP) is 8.49. The van der Waals surface area contributed by atoms with Gasteiger partial charge in [0.05, 0.1) is 0 Å². The SMILES string of the molecule is CCCCCC[C@H]1CC[C@H](/C=C/C#C/C=C/[C@H]2CC[C@H](CCC)CC2)CC1. The maximum atomic E-state index is 3.24. The van der Waals surface area contributed by atoms with Crippen LogP contribution in [0.25, 0.3) is 0 Å². The predicted molar refractivity (Wildman–Crippen MR) is 121 cm³/mol. The van der Waals surface area contributed by atoms with Gasteiger partial charge in [-0.3, -0.25) is 0 Å². The first-order valence-corrected chi connectivity index (χ1v) is 12.2. The minimum Gasteiger partial charge on any atom is -0.0730 e. The first kappa shape index (κ1) is 22.3. The van der Waals surface area contributed by atoms with E-state index in [0.29, 0.717) is 0 Å². The van der Waals surface area contributed by atoms with Gasteiger partial charge in [-0.1, -0.05) is 82.8 Å². The van der Waals surface area contributed by atoms with E-state index in [1.165, 1.54) is 96.3 Å². The number of allylic oxidation sites excluding steroid dienone is 4. The lowest BCUT2D eigenvalue weighted by atomic mass is 9.79. The van der Waals surface area contributed by atoms with Crippen molar-refractivity contribution >= 4 is 0 Å². The lowest BCUT2D eigenvalue weighted by molar-refractivity contribution is 0.289. The Morgan fingerprint density at radius 3 is 1.59 bits per heavy atom. The minimum atomic E-state index is 0.781. The van der Waals surface area contributed by atoms with Gasteiger partial charge in [0.15, 0.2) is 0 Å². The summed E-state index contributed by atoms with van der Waals surface area (Å²) < 4.78 is 0. The zero-order valence-corrected chi connectivity index (χ0v) is 18.2. The van der Waals surface area contributed by atoms with E-state index in [1.807, 2.05) is 0 Å². The molecule has 0 radical (unpaired) electrons. The van der Waals surface area contributed by atoms with E-state index in [0.717, 1.165) is 23.7 Å². The summed E-state index contributed by atoms with van der Waals surface area (Å²) in [6.45, 7) is 4.62.